The average Bonchev–Trinajstić information content (AvgIpc) is 2.81. The smallest absolute Gasteiger partial charge is 0.145 e. The van der Waals surface area contributed by atoms with Gasteiger partial charge in [0, 0.05) is 13.6 Å². The van der Waals surface area contributed by atoms with E-state index in [2.05, 4.69) is 36.5 Å². The van der Waals surface area contributed by atoms with Crippen molar-refractivity contribution >= 4 is 39.3 Å². The molecule has 2 N–H and O–H groups in total. The summed E-state index contributed by atoms with van der Waals surface area (Å²) in [6, 6.07) is 0. The minimum Gasteiger partial charge on any atom is -0.372 e. The van der Waals surface area contributed by atoms with Gasteiger partial charge < -0.3 is 10.6 Å². The SMILES string of the molecule is CNc1ncnc(NCC2CCSC2)c1Br. The van der Waals surface area contributed by atoms with Crippen molar-refractivity contribution in [3.05, 3.63) is 10.8 Å². The van der Waals surface area contributed by atoms with Gasteiger partial charge in [-0.3, -0.25) is 0 Å². The summed E-state index contributed by atoms with van der Waals surface area (Å²) in [6.45, 7) is 0.992. The van der Waals surface area contributed by atoms with Crippen LogP contribution in [0.15, 0.2) is 10.8 Å². The number of rotatable bonds is 4. The van der Waals surface area contributed by atoms with Crippen LogP contribution in [0.5, 0.6) is 0 Å². The highest BCUT2D eigenvalue weighted by molar-refractivity contribution is 9.10. The van der Waals surface area contributed by atoms with E-state index in [9.17, 15) is 0 Å². The summed E-state index contributed by atoms with van der Waals surface area (Å²) in [6.07, 6.45) is 2.88. The molecule has 2 heterocycles. The first kappa shape index (κ1) is 12.0. The molecule has 0 spiro atoms. The zero-order valence-corrected chi connectivity index (χ0v) is 11.6. The predicted molar refractivity (Wildman–Crippen MR) is 73.2 cm³/mol. The first-order chi connectivity index (χ1) is 7.81. The summed E-state index contributed by atoms with van der Waals surface area (Å²) in [5.41, 5.74) is 0. The molecule has 1 fully saturated rings. The summed E-state index contributed by atoms with van der Waals surface area (Å²) >= 11 is 5.53. The van der Waals surface area contributed by atoms with Crippen LogP contribution < -0.4 is 10.6 Å². The molecule has 1 aliphatic heterocycles. The van der Waals surface area contributed by atoms with Crippen LogP contribution in [0.1, 0.15) is 6.42 Å². The van der Waals surface area contributed by atoms with E-state index in [0.29, 0.717) is 0 Å². The molecule has 1 saturated heterocycles. The number of hydrogen-bond donors (Lipinski definition) is 2. The number of anilines is 2. The van der Waals surface area contributed by atoms with Gasteiger partial charge in [0.15, 0.2) is 0 Å². The van der Waals surface area contributed by atoms with Crippen molar-refractivity contribution in [2.24, 2.45) is 5.92 Å². The average molecular weight is 303 g/mol. The molecule has 1 aromatic heterocycles. The molecule has 0 aliphatic carbocycles. The van der Waals surface area contributed by atoms with E-state index in [1.807, 2.05) is 18.8 Å². The quantitative estimate of drug-likeness (QED) is 0.895. The van der Waals surface area contributed by atoms with Gasteiger partial charge in [-0.25, -0.2) is 9.97 Å². The van der Waals surface area contributed by atoms with E-state index < -0.39 is 0 Å². The standard InChI is InChI=1S/C10H15BrN4S/c1-12-9-8(11)10(15-6-14-9)13-4-7-2-3-16-5-7/h6-7H,2-5H2,1H3,(H2,12,13,14,15). The van der Waals surface area contributed by atoms with Crippen molar-refractivity contribution in [1.29, 1.82) is 0 Å². The summed E-state index contributed by atoms with van der Waals surface area (Å²) in [5, 5.41) is 6.40. The van der Waals surface area contributed by atoms with E-state index in [-0.39, 0.29) is 0 Å². The minimum atomic E-state index is 0.768. The third kappa shape index (κ3) is 2.79. The molecule has 1 unspecified atom stereocenters. The first-order valence-corrected chi connectivity index (χ1v) is 7.26. The second-order valence-corrected chi connectivity index (χ2v) is 5.69. The Morgan fingerprint density at radius 2 is 2.31 bits per heavy atom. The van der Waals surface area contributed by atoms with Crippen LogP contribution in [0.2, 0.25) is 0 Å². The topological polar surface area (TPSA) is 49.8 Å². The highest BCUT2D eigenvalue weighted by atomic mass is 79.9. The fourth-order valence-electron chi connectivity index (χ4n) is 1.65. The third-order valence-corrected chi connectivity index (χ3v) is 4.59. The van der Waals surface area contributed by atoms with Crippen molar-refractivity contribution < 1.29 is 0 Å². The monoisotopic (exact) mass is 302 g/mol. The Kier molecular flexibility index (Phi) is 4.29. The van der Waals surface area contributed by atoms with Crippen molar-refractivity contribution in [3.8, 4) is 0 Å². The summed E-state index contributed by atoms with van der Waals surface area (Å²) in [5.74, 6) is 5.01. The maximum Gasteiger partial charge on any atom is 0.145 e. The second-order valence-electron chi connectivity index (χ2n) is 3.75. The molecule has 4 nitrogen and oxygen atoms in total. The van der Waals surface area contributed by atoms with Gasteiger partial charge in [-0.2, -0.15) is 11.8 Å². The van der Waals surface area contributed by atoms with Gasteiger partial charge in [0.1, 0.15) is 22.4 Å². The Hall–Kier alpha value is -0.490. The fourth-order valence-corrected chi connectivity index (χ4v) is 3.48. The zero-order valence-electron chi connectivity index (χ0n) is 9.16. The molecule has 1 atom stereocenters. The number of hydrogen-bond acceptors (Lipinski definition) is 5. The van der Waals surface area contributed by atoms with Crippen LogP contribution in [0.25, 0.3) is 0 Å². The first-order valence-electron chi connectivity index (χ1n) is 5.31. The highest BCUT2D eigenvalue weighted by Gasteiger charge is 2.16. The van der Waals surface area contributed by atoms with Crippen LogP contribution >= 0.6 is 27.7 Å². The Labute approximate surface area is 108 Å². The molecular formula is C10H15BrN4S. The Morgan fingerprint density at radius 1 is 1.50 bits per heavy atom. The molecule has 0 amide bonds. The Morgan fingerprint density at radius 3 is 3.00 bits per heavy atom. The van der Waals surface area contributed by atoms with Gasteiger partial charge in [0.2, 0.25) is 0 Å². The molecule has 1 aliphatic rings. The molecule has 0 aromatic carbocycles. The molecule has 0 saturated carbocycles. The van der Waals surface area contributed by atoms with Crippen molar-refractivity contribution in [2.45, 2.75) is 6.42 Å². The van der Waals surface area contributed by atoms with Crippen LogP contribution in [0.4, 0.5) is 11.6 Å². The largest absolute Gasteiger partial charge is 0.372 e. The van der Waals surface area contributed by atoms with Crippen LogP contribution in [0, 0.1) is 5.92 Å². The lowest BCUT2D eigenvalue weighted by atomic mass is 10.1. The van der Waals surface area contributed by atoms with Gasteiger partial charge in [0.05, 0.1) is 0 Å². The predicted octanol–water partition coefficient (Wildman–Crippen LogP) is 2.45. The van der Waals surface area contributed by atoms with Crippen molar-refractivity contribution in [3.63, 3.8) is 0 Å². The normalized spacial score (nSPS) is 19.8. The zero-order chi connectivity index (χ0) is 11.4. The fraction of sp³-hybridized carbons (Fsp3) is 0.600. The molecule has 16 heavy (non-hydrogen) atoms. The summed E-state index contributed by atoms with van der Waals surface area (Å²) in [7, 11) is 1.85. The lowest BCUT2D eigenvalue weighted by Crippen LogP contribution is -2.15. The maximum atomic E-state index is 4.23. The van der Waals surface area contributed by atoms with Crippen molar-refractivity contribution in [1.82, 2.24) is 9.97 Å². The second kappa shape index (κ2) is 5.72. The summed E-state index contributed by atoms with van der Waals surface area (Å²) in [4.78, 5) is 8.36. The number of nitrogens with zero attached hydrogens (tertiary/aromatic N) is 2. The van der Waals surface area contributed by atoms with Gasteiger partial charge in [0.25, 0.3) is 0 Å². The highest BCUT2D eigenvalue weighted by Crippen LogP contribution is 2.28. The van der Waals surface area contributed by atoms with Gasteiger partial charge >= 0.3 is 0 Å². The van der Waals surface area contributed by atoms with Crippen LogP contribution in [-0.2, 0) is 0 Å². The molecule has 0 bridgehead atoms. The van der Waals surface area contributed by atoms with E-state index in [1.165, 1.54) is 17.9 Å². The molecule has 1 aromatic rings. The van der Waals surface area contributed by atoms with Gasteiger partial charge in [-0.1, -0.05) is 0 Å². The van der Waals surface area contributed by atoms with Crippen LogP contribution in [-0.4, -0.2) is 35.1 Å². The molecular weight excluding hydrogens is 288 g/mol. The maximum absolute atomic E-state index is 4.23. The Bertz CT molecular complexity index is 355. The lowest BCUT2D eigenvalue weighted by molar-refractivity contribution is 0.630. The lowest BCUT2D eigenvalue weighted by Gasteiger charge is -2.12. The number of halogens is 1. The molecule has 0 radical (unpaired) electrons. The molecule has 6 heteroatoms. The van der Waals surface area contributed by atoms with E-state index >= 15 is 0 Å². The molecule has 88 valence electrons. The van der Waals surface area contributed by atoms with E-state index in [0.717, 1.165) is 28.6 Å². The molecule has 2 rings (SSSR count). The number of aromatic nitrogens is 2. The van der Waals surface area contributed by atoms with Crippen molar-refractivity contribution in [2.75, 3.05) is 35.7 Å². The minimum absolute atomic E-state index is 0.768. The number of thioether (sulfide) groups is 1. The van der Waals surface area contributed by atoms with Gasteiger partial charge in [-0.05, 0) is 39.8 Å². The third-order valence-electron chi connectivity index (χ3n) is 2.61. The summed E-state index contributed by atoms with van der Waals surface area (Å²) < 4.78 is 0.906. The number of nitrogens with one attached hydrogen (secondary N) is 2. The van der Waals surface area contributed by atoms with Gasteiger partial charge in [-0.15, -0.1) is 0 Å². The van der Waals surface area contributed by atoms with Crippen LogP contribution in [0.3, 0.4) is 0 Å². The van der Waals surface area contributed by atoms with E-state index in [4.69, 9.17) is 0 Å². The Balaban J connectivity index is 1.97. The van der Waals surface area contributed by atoms with E-state index in [1.54, 1.807) is 6.33 Å².